The van der Waals surface area contributed by atoms with Gasteiger partial charge in [0, 0.05) is 24.0 Å². The largest absolute Gasteiger partial charge is 0.352 e. The number of nitrogens with zero attached hydrogens (tertiary/aromatic N) is 1. The Kier molecular flexibility index (Phi) is 8.89. The summed E-state index contributed by atoms with van der Waals surface area (Å²) in [4.78, 5) is 28.8. The van der Waals surface area contributed by atoms with Gasteiger partial charge in [-0.25, -0.2) is 0 Å². The highest BCUT2D eigenvalue weighted by Crippen LogP contribution is 2.19. The lowest BCUT2D eigenvalue weighted by Crippen LogP contribution is -2.52. The molecular weight excluding hydrogens is 444 g/mol. The van der Waals surface area contributed by atoms with Crippen LogP contribution in [0.15, 0.2) is 72.8 Å². The molecule has 0 heterocycles. The van der Waals surface area contributed by atoms with Gasteiger partial charge in [0.15, 0.2) is 0 Å². The molecule has 3 aromatic carbocycles. The van der Waals surface area contributed by atoms with Gasteiger partial charge in [-0.3, -0.25) is 9.59 Å². The van der Waals surface area contributed by atoms with E-state index in [0.717, 1.165) is 22.3 Å². The SMILES string of the molecule is Cc1ccc(CC(=O)N(Cc2ccc(Cl)cc2)C(Cc2ccccc2)C(=O)NC(C)C)cc1C. The van der Waals surface area contributed by atoms with E-state index in [1.54, 1.807) is 4.90 Å². The molecule has 0 saturated heterocycles. The zero-order valence-corrected chi connectivity index (χ0v) is 21.1. The minimum Gasteiger partial charge on any atom is -0.352 e. The number of rotatable bonds is 9. The Morgan fingerprint density at radius 3 is 2.12 bits per heavy atom. The van der Waals surface area contributed by atoms with Crippen LogP contribution in [0.3, 0.4) is 0 Å². The fraction of sp³-hybridized carbons (Fsp3) is 0.310. The molecule has 5 heteroatoms. The summed E-state index contributed by atoms with van der Waals surface area (Å²) >= 11 is 6.08. The lowest BCUT2D eigenvalue weighted by molar-refractivity contribution is -0.141. The van der Waals surface area contributed by atoms with Crippen molar-refractivity contribution in [1.29, 1.82) is 0 Å². The molecule has 0 radical (unpaired) electrons. The number of nitrogens with one attached hydrogen (secondary N) is 1. The number of benzene rings is 3. The highest BCUT2D eigenvalue weighted by Gasteiger charge is 2.30. The van der Waals surface area contributed by atoms with Crippen molar-refractivity contribution in [3.63, 3.8) is 0 Å². The molecule has 1 unspecified atom stereocenters. The highest BCUT2D eigenvalue weighted by molar-refractivity contribution is 6.30. The van der Waals surface area contributed by atoms with Gasteiger partial charge in [0.25, 0.3) is 0 Å². The minimum absolute atomic E-state index is 0.0296. The molecule has 0 aliphatic carbocycles. The molecule has 0 spiro atoms. The van der Waals surface area contributed by atoms with Gasteiger partial charge >= 0.3 is 0 Å². The van der Waals surface area contributed by atoms with Crippen LogP contribution in [0, 0.1) is 13.8 Å². The van der Waals surface area contributed by atoms with E-state index in [0.29, 0.717) is 18.0 Å². The van der Waals surface area contributed by atoms with Crippen LogP contribution in [0.1, 0.15) is 41.7 Å². The van der Waals surface area contributed by atoms with E-state index in [4.69, 9.17) is 11.6 Å². The lowest BCUT2D eigenvalue weighted by Gasteiger charge is -2.32. The quantitative estimate of drug-likeness (QED) is 0.433. The monoisotopic (exact) mass is 476 g/mol. The predicted octanol–water partition coefficient (Wildman–Crippen LogP) is 5.66. The maximum absolute atomic E-state index is 13.7. The fourth-order valence-corrected chi connectivity index (χ4v) is 4.04. The summed E-state index contributed by atoms with van der Waals surface area (Å²) in [6, 6.07) is 22.7. The standard InChI is InChI=1S/C29H33ClN2O2/c1-20(2)31-29(34)27(17-23-8-6-5-7-9-23)32(19-24-12-14-26(30)15-13-24)28(33)18-25-11-10-21(3)22(4)16-25/h5-16,20,27H,17-19H2,1-4H3,(H,31,34). The molecule has 178 valence electrons. The fourth-order valence-electron chi connectivity index (χ4n) is 3.91. The molecule has 0 bridgehead atoms. The number of hydrogen-bond donors (Lipinski definition) is 1. The highest BCUT2D eigenvalue weighted by atomic mass is 35.5. The molecule has 0 aliphatic heterocycles. The first kappa shape index (κ1) is 25.5. The Morgan fingerprint density at radius 1 is 0.853 bits per heavy atom. The third-order valence-corrected chi connectivity index (χ3v) is 6.15. The summed E-state index contributed by atoms with van der Waals surface area (Å²) < 4.78 is 0. The van der Waals surface area contributed by atoms with Crippen molar-refractivity contribution in [3.8, 4) is 0 Å². The molecule has 0 saturated carbocycles. The summed E-state index contributed by atoms with van der Waals surface area (Å²) in [6.07, 6.45) is 0.667. The van der Waals surface area contributed by atoms with Crippen molar-refractivity contribution < 1.29 is 9.59 Å². The first-order valence-electron chi connectivity index (χ1n) is 11.7. The Morgan fingerprint density at radius 2 is 1.50 bits per heavy atom. The van der Waals surface area contributed by atoms with E-state index in [2.05, 4.69) is 12.2 Å². The topological polar surface area (TPSA) is 49.4 Å². The third-order valence-electron chi connectivity index (χ3n) is 5.89. The van der Waals surface area contributed by atoms with Gasteiger partial charge in [0.2, 0.25) is 11.8 Å². The van der Waals surface area contributed by atoms with Crippen molar-refractivity contribution in [2.24, 2.45) is 0 Å². The van der Waals surface area contributed by atoms with Crippen LogP contribution >= 0.6 is 11.6 Å². The maximum Gasteiger partial charge on any atom is 0.243 e. The van der Waals surface area contributed by atoms with Gasteiger partial charge in [-0.1, -0.05) is 72.3 Å². The van der Waals surface area contributed by atoms with Crippen LogP contribution in [-0.2, 0) is 29.0 Å². The number of halogens is 1. The van der Waals surface area contributed by atoms with Gasteiger partial charge in [-0.15, -0.1) is 0 Å². The number of aryl methyl sites for hydroxylation is 2. The zero-order valence-electron chi connectivity index (χ0n) is 20.3. The molecule has 1 atom stereocenters. The van der Waals surface area contributed by atoms with Crippen LogP contribution < -0.4 is 5.32 Å². The van der Waals surface area contributed by atoms with Crippen LogP contribution in [0.2, 0.25) is 5.02 Å². The van der Waals surface area contributed by atoms with Crippen molar-refractivity contribution in [1.82, 2.24) is 10.2 Å². The summed E-state index contributed by atoms with van der Waals surface area (Å²) in [5, 5.41) is 3.65. The van der Waals surface area contributed by atoms with Gasteiger partial charge in [-0.05, 0) is 67.6 Å². The second kappa shape index (κ2) is 11.8. The minimum atomic E-state index is -0.639. The van der Waals surface area contributed by atoms with Crippen molar-refractivity contribution in [2.45, 2.75) is 59.2 Å². The predicted molar refractivity (Wildman–Crippen MR) is 139 cm³/mol. The van der Waals surface area contributed by atoms with Crippen molar-refractivity contribution in [3.05, 3.63) is 106 Å². The van der Waals surface area contributed by atoms with Gasteiger partial charge in [-0.2, -0.15) is 0 Å². The second-order valence-corrected chi connectivity index (χ2v) is 9.55. The lowest BCUT2D eigenvalue weighted by atomic mass is 10.00. The zero-order chi connectivity index (χ0) is 24.7. The second-order valence-electron chi connectivity index (χ2n) is 9.11. The molecule has 34 heavy (non-hydrogen) atoms. The third kappa shape index (κ3) is 7.19. The molecule has 0 fully saturated rings. The maximum atomic E-state index is 13.7. The molecule has 0 aliphatic rings. The molecule has 4 nitrogen and oxygen atoms in total. The van der Waals surface area contributed by atoms with E-state index < -0.39 is 6.04 Å². The smallest absolute Gasteiger partial charge is 0.243 e. The van der Waals surface area contributed by atoms with Crippen LogP contribution in [0.5, 0.6) is 0 Å². The van der Waals surface area contributed by atoms with E-state index in [1.807, 2.05) is 93.6 Å². The average Bonchev–Trinajstić information content (AvgIpc) is 2.80. The molecule has 0 aromatic heterocycles. The summed E-state index contributed by atoms with van der Waals surface area (Å²) in [7, 11) is 0. The summed E-state index contributed by atoms with van der Waals surface area (Å²) in [5.74, 6) is -0.237. The summed E-state index contributed by atoms with van der Waals surface area (Å²) in [6.45, 7) is 8.28. The normalized spacial score (nSPS) is 11.8. The van der Waals surface area contributed by atoms with E-state index >= 15 is 0 Å². The number of amides is 2. The average molecular weight is 477 g/mol. The first-order valence-corrected chi connectivity index (χ1v) is 12.0. The van der Waals surface area contributed by atoms with Crippen LogP contribution in [-0.4, -0.2) is 28.8 Å². The molecular formula is C29H33ClN2O2. The molecule has 3 aromatic rings. The van der Waals surface area contributed by atoms with Crippen LogP contribution in [0.4, 0.5) is 0 Å². The summed E-state index contributed by atoms with van der Waals surface area (Å²) in [5.41, 5.74) is 5.21. The van der Waals surface area contributed by atoms with Crippen molar-refractivity contribution in [2.75, 3.05) is 0 Å². The Balaban J connectivity index is 1.97. The Bertz CT molecular complexity index is 1110. The van der Waals surface area contributed by atoms with Crippen molar-refractivity contribution >= 4 is 23.4 Å². The Labute approximate surface area is 207 Å². The van der Waals surface area contributed by atoms with Crippen LogP contribution in [0.25, 0.3) is 0 Å². The number of carbonyl (C=O) groups is 2. The number of carbonyl (C=O) groups excluding carboxylic acids is 2. The molecule has 3 rings (SSSR count). The first-order chi connectivity index (χ1) is 16.2. The van der Waals surface area contributed by atoms with Gasteiger partial charge < -0.3 is 10.2 Å². The molecule has 1 N–H and O–H groups in total. The van der Waals surface area contributed by atoms with E-state index in [-0.39, 0.29) is 24.3 Å². The van der Waals surface area contributed by atoms with E-state index in [1.165, 1.54) is 5.56 Å². The van der Waals surface area contributed by atoms with Gasteiger partial charge in [0.05, 0.1) is 6.42 Å². The molecule has 2 amide bonds. The van der Waals surface area contributed by atoms with Gasteiger partial charge in [0.1, 0.15) is 6.04 Å². The number of hydrogen-bond acceptors (Lipinski definition) is 2. The Hall–Kier alpha value is -3.11. The van der Waals surface area contributed by atoms with E-state index in [9.17, 15) is 9.59 Å².